The minimum Gasteiger partial charge on any atom is -0.458 e. The van der Waals surface area contributed by atoms with Crippen LogP contribution >= 0.6 is 0 Å². The fourth-order valence-corrected chi connectivity index (χ4v) is 6.76. The summed E-state index contributed by atoms with van der Waals surface area (Å²) in [6.45, 7) is 7.72. The van der Waals surface area contributed by atoms with Gasteiger partial charge in [-0.15, -0.1) is 0 Å². The maximum absolute atomic E-state index is 9.88. The molecule has 1 aliphatic heterocycles. The molecule has 0 saturated carbocycles. The molecule has 8 rings (SSSR count). The van der Waals surface area contributed by atoms with E-state index in [0.29, 0.717) is 22.7 Å². The van der Waals surface area contributed by atoms with Crippen LogP contribution in [0.3, 0.4) is 0 Å². The third kappa shape index (κ3) is 5.62. The van der Waals surface area contributed by atoms with Crippen LogP contribution in [0.4, 0.5) is 39.8 Å². The number of fused-ring (bicyclic) bond motifs is 2. The first-order valence-electron chi connectivity index (χ1n) is 16.4. The summed E-state index contributed by atoms with van der Waals surface area (Å²) < 4.78 is 6.89. The number of anilines is 6. The zero-order valence-corrected chi connectivity index (χ0v) is 27.0. The van der Waals surface area contributed by atoms with E-state index in [1.165, 1.54) is 0 Å². The van der Waals surface area contributed by atoms with Gasteiger partial charge in [-0.3, -0.25) is 0 Å². The number of hydrogen-bond donors (Lipinski definition) is 0. The van der Waals surface area contributed by atoms with E-state index < -0.39 is 0 Å². The number of ether oxygens (including phenoxy) is 1. The molecular formula is C44H29BN4O. The van der Waals surface area contributed by atoms with Gasteiger partial charge in [0.15, 0.2) is 5.69 Å². The molecule has 0 unspecified atom stereocenters. The summed E-state index contributed by atoms with van der Waals surface area (Å²) in [5.74, 6) is 1.39. The van der Waals surface area contributed by atoms with Gasteiger partial charge >= 0.3 is 0 Å². The molecule has 6 heteroatoms. The van der Waals surface area contributed by atoms with Crippen LogP contribution in [-0.4, -0.2) is 6.71 Å². The summed E-state index contributed by atoms with van der Waals surface area (Å²) in [4.78, 5) is 8.31. The van der Waals surface area contributed by atoms with Crippen molar-refractivity contribution < 1.29 is 4.74 Å². The van der Waals surface area contributed by atoms with Crippen LogP contribution < -0.4 is 30.9 Å². The van der Waals surface area contributed by atoms with Crippen molar-refractivity contribution in [2.45, 2.75) is 0 Å². The van der Waals surface area contributed by atoms with E-state index >= 15 is 0 Å². The fraction of sp³-hybridized carbons (Fsp3) is 0. The molecule has 1 aliphatic rings. The number of nitriles is 1. The Kier molecular flexibility index (Phi) is 8.03. The van der Waals surface area contributed by atoms with E-state index in [4.69, 9.17) is 11.3 Å². The van der Waals surface area contributed by atoms with Crippen molar-refractivity contribution in [3.63, 3.8) is 0 Å². The van der Waals surface area contributed by atoms with Crippen molar-refractivity contribution >= 4 is 62.9 Å². The zero-order chi connectivity index (χ0) is 33.9. The van der Waals surface area contributed by atoms with E-state index in [9.17, 15) is 5.26 Å². The average molecular weight is 641 g/mol. The van der Waals surface area contributed by atoms with Gasteiger partial charge in [-0.1, -0.05) is 109 Å². The third-order valence-electron chi connectivity index (χ3n) is 9.00. The van der Waals surface area contributed by atoms with Crippen molar-refractivity contribution in [2.24, 2.45) is 0 Å². The highest BCUT2D eigenvalue weighted by atomic mass is 16.5. The first-order chi connectivity index (χ1) is 24.7. The van der Waals surface area contributed by atoms with Crippen molar-refractivity contribution in [3.8, 4) is 17.6 Å². The van der Waals surface area contributed by atoms with Crippen LogP contribution in [0.15, 0.2) is 176 Å². The van der Waals surface area contributed by atoms with Crippen molar-refractivity contribution in [2.75, 3.05) is 9.80 Å². The van der Waals surface area contributed by atoms with Gasteiger partial charge in [-0.05, 0) is 71.6 Å². The van der Waals surface area contributed by atoms with Gasteiger partial charge < -0.3 is 14.5 Å². The van der Waals surface area contributed by atoms with Gasteiger partial charge in [0.2, 0.25) is 6.71 Å². The second-order valence-corrected chi connectivity index (χ2v) is 12.0. The van der Waals surface area contributed by atoms with E-state index in [2.05, 4.69) is 106 Å². The number of hydrogen-bond acceptors (Lipinski definition) is 4. The zero-order valence-electron chi connectivity index (χ0n) is 27.0. The Labute approximate surface area is 292 Å². The summed E-state index contributed by atoms with van der Waals surface area (Å²) >= 11 is 0. The van der Waals surface area contributed by atoms with Gasteiger partial charge in [0.05, 0.1) is 12.6 Å². The predicted octanol–water partition coefficient (Wildman–Crippen LogP) is 9.67. The lowest BCUT2D eigenvalue weighted by Crippen LogP contribution is -2.55. The minimum atomic E-state index is -0.335. The lowest BCUT2D eigenvalue weighted by molar-refractivity contribution is 0.488. The van der Waals surface area contributed by atoms with Gasteiger partial charge in [0.25, 0.3) is 0 Å². The molecule has 5 nitrogen and oxygen atoms in total. The first kappa shape index (κ1) is 30.3. The van der Waals surface area contributed by atoms with Crippen LogP contribution in [0.1, 0.15) is 5.56 Å². The Hall–Kier alpha value is -7.02. The standard InChI is InChI=1S/C44H29BN4O/c1-47-42-27-22-32(31-46)28-41(42)45-39-25-23-37(48(33-14-6-2-7-15-33)34-16-8-3-9-17-34)29-43(39)50-44-30-38(24-26-40(44)45)49(35-18-10-4-11-19-35)36-20-12-5-13-21-36/h2-30H. The molecule has 0 atom stereocenters. The van der Waals surface area contributed by atoms with Gasteiger partial charge in [0.1, 0.15) is 11.5 Å². The molecule has 50 heavy (non-hydrogen) atoms. The van der Waals surface area contributed by atoms with Crippen LogP contribution in [0.25, 0.3) is 4.85 Å². The molecule has 0 amide bonds. The Morgan fingerprint density at radius 2 is 0.900 bits per heavy atom. The Morgan fingerprint density at radius 1 is 0.480 bits per heavy atom. The van der Waals surface area contributed by atoms with Crippen LogP contribution in [0, 0.1) is 17.9 Å². The molecule has 0 aliphatic carbocycles. The van der Waals surface area contributed by atoms with E-state index in [1.807, 2.05) is 78.9 Å². The minimum absolute atomic E-state index is 0.335. The SMILES string of the molecule is [C-]#[N+]c1ccc(C#N)cc1B1c2ccc(N(c3ccccc3)c3ccccc3)cc2Oc2cc(N(c3ccccc3)c3ccccc3)ccc21. The second kappa shape index (κ2) is 13.2. The number of benzene rings is 7. The number of rotatable bonds is 7. The van der Waals surface area contributed by atoms with Gasteiger partial charge in [-0.25, -0.2) is 4.85 Å². The highest BCUT2D eigenvalue weighted by Gasteiger charge is 2.35. The smallest absolute Gasteiger partial charge is 0.240 e. The number of nitrogens with zero attached hydrogens (tertiary/aromatic N) is 4. The summed E-state index contributed by atoms with van der Waals surface area (Å²) in [5, 5.41) is 9.88. The Morgan fingerprint density at radius 3 is 1.28 bits per heavy atom. The number of para-hydroxylation sites is 4. The van der Waals surface area contributed by atoms with Crippen molar-refractivity contribution in [3.05, 3.63) is 193 Å². The largest absolute Gasteiger partial charge is 0.458 e. The topological polar surface area (TPSA) is 43.9 Å². The van der Waals surface area contributed by atoms with E-state index in [1.54, 1.807) is 12.1 Å². The van der Waals surface area contributed by atoms with E-state index in [-0.39, 0.29) is 6.71 Å². The van der Waals surface area contributed by atoms with Gasteiger partial charge in [-0.2, -0.15) is 5.26 Å². The quantitative estimate of drug-likeness (QED) is 0.129. The highest BCUT2D eigenvalue weighted by Crippen LogP contribution is 2.40. The molecule has 7 aromatic rings. The summed E-state index contributed by atoms with van der Waals surface area (Å²) in [5.41, 5.74) is 9.60. The van der Waals surface area contributed by atoms with Crippen molar-refractivity contribution in [1.29, 1.82) is 5.26 Å². The molecule has 0 bridgehead atoms. The fourth-order valence-electron chi connectivity index (χ4n) is 6.76. The average Bonchev–Trinajstić information content (AvgIpc) is 3.18. The maximum atomic E-state index is 9.88. The molecule has 0 fully saturated rings. The lowest BCUT2D eigenvalue weighted by atomic mass is 9.35. The van der Waals surface area contributed by atoms with Crippen LogP contribution in [0.2, 0.25) is 0 Å². The molecule has 7 aromatic carbocycles. The first-order valence-corrected chi connectivity index (χ1v) is 16.4. The molecule has 0 saturated heterocycles. The predicted molar refractivity (Wildman–Crippen MR) is 204 cm³/mol. The normalized spacial score (nSPS) is 11.3. The second-order valence-electron chi connectivity index (χ2n) is 12.0. The molecule has 0 radical (unpaired) electrons. The summed E-state index contributed by atoms with van der Waals surface area (Å²) in [7, 11) is 0. The Bertz CT molecular complexity index is 2180. The molecular weight excluding hydrogens is 611 g/mol. The molecule has 0 N–H and O–H groups in total. The molecule has 0 spiro atoms. The van der Waals surface area contributed by atoms with E-state index in [0.717, 1.165) is 50.5 Å². The third-order valence-corrected chi connectivity index (χ3v) is 9.00. The summed E-state index contributed by atoms with van der Waals surface area (Å²) in [6, 6.07) is 61.2. The Balaban J connectivity index is 1.33. The highest BCUT2D eigenvalue weighted by molar-refractivity contribution is 6.97. The van der Waals surface area contributed by atoms with Crippen molar-refractivity contribution in [1.82, 2.24) is 0 Å². The van der Waals surface area contributed by atoms with Crippen LogP contribution in [0.5, 0.6) is 11.5 Å². The lowest BCUT2D eigenvalue weighted by Gasteiger charge is -2.32. The maximum Gasteiger partial charge on any atom is 0.240 e. The molecule has 234 valence electrons. The monoisotopic (exact) mass is 640 g/mol. The van der Waals surface area contributed by atoms with Gasteiger partial charge in [0, 0.05) is 51.8 Å². The molecule has 0 aromatic heterocycles. The van der Waals surface area contributed by atoms with Crippen LogP contribution in [-0.2, 0) is 0 Å². The summed E-state index contributed by atoms with van der Waals surface area (Å²) in [6.07, 6.45) is 0. The molecule has 1 heterocycles.